The Kier molecular flexibility index (Phi) is 6.07. The first-order chi connectivity index (χ1) is 14.6. The minimum absolute atomic E-state index is 0.00460. The lowest BCUT2D eigenvalue weighted by atomic mass is 10.1. The number of benzene rings is 1. The number of hydrogen-bond donors (Lipinski definition) is 3. The van der Waals surface area contributed by atoms with E-state index in [0.29, 0.717) is 5.56 Å². The van der Waals surface area contributed by atoms with Crippen molar-refractivity contribution in [1.82, 2.24) is 19.7 Å². The number of anilines is 1. The molecule has 0 aliphatic rings. The molecule has 1 aromatic carbocycles. The van der Waals surface area contributed by atoms with Crippen LogP contribution in [0.15, 0.2) is 36.5 Å². The highest BCUT2D eigenvalue weighted by Gasteiger charge is 2.28. The number of nitrogens with two attached hydrogens (primary N) is 1. The average Bonchev–Trinajstić information content (AvgIpc) is 3.13. The fraction of sp³-hybridized carbons (Fsp3) is 0.250. The van der Waals surface area contributed by atoms with Crippen LogP contribution in [0.25, 0.3) is 11.5 Å². The molecule has 2 aromatic heterocycles. The van der Waals surface area contributed by atoms with Gasteiger partial charge in [0.15, 0.2) is 28.8 Å². The molecule has 2 heterocycles. The standard InChI is InChI=1S/C20H20F2N6O3/c1-11(29)16-7-15(27-28(16)9-12-5-3-4-6-13(12)21)18-24-8-14(22)17(26-18)25-10-20(2,31)19(23)30/h3-8,31H,9-10H2,1-2H3,(H2,23,30)(H,24,25,26). The Hall–Kier alpha value is -3.73. The number of rotatable bonds is 8. The predicted molar refractivity (Wildman–Crippen MR) is 107 cm³/mol. The van der Waals surface area contributed by atoms with Crippen molar-refractivity contribution in [3.05, 3.63) is 59.4 Å². The molecule has 1 atom stereocenters. The van der Waals surface area contributed by atoms with Crippen molar-refractivity contribution >= 4 is 17.5 Å². The maximum Gasteiger partial charge on any atom is 0.250 e. The van der Waals surface area contributed by atoms with Gasteiger partial charge in [-0.1, -0.05) is 18.2 Å². The van der Waals surface area contributed by atoms with Crippen molar-refractivity contribution in [3.8, 4) is 11.5 Å². The third-order valence-corrected chi connectivity index (χ3v) is 4.52. The van der Waals surface area contributed by atoms with Gasteiger partial charge in [0, 0.05) is 12.5 Å². The van der Waals surface area contributed by atoms with E-state index in [2.05, 4.69) is 20.4 Å². The summed E-state index contributed by atoms with van der Waals surface area (Å²) in [7, 11) is 0. The molecule has 0 bridgehead atoms. The van der Waals surface area contributed by atoms with Crippen LogP contribution in [0.3, 0.4) is 0 Å². The third kappa shape index (κ3) is 4.89. The van der Waals surface area contributed by atoms with Crippen molar-refractivity contribution in [2.45, 2.75) is 26.0 Å². The van der Waals surface area contributed by atoms with Crippen molar-refractivity contribution in [2.75, 3.05) is 11.9 Å². The molecule has 0 aliphatic heterocycles. The van der Waals surface area contributed by atoms with Crippen molar-refractivity contribution < 1.29 is 23.5 Å². The fourth-order valence-corrected chi connectivity index (χ4v) is 2.68. The van der Waals surface area contributed by atoms with E-state index < -0.39 is 29.7 Å². The van der Waals surface area contributed by atoms with E-state index in [4.69, 9.17) is 5.73 Å². The Morgan fingerprint density at radius 2 is 1.97 bits per heavy atom. The summed E-state index contributed by atoms with van der Waals surface area (Å²) in [6.45, 7) is 2.11. The van der Waals surface area contributed by atoms with Gasteiger partial charge in [0.2, 0.25) is 0 Å². The van der Waals surface area contributed by atoms with E-state index in [-0.39, 0.29) is 35.4 Å². The minimum atomic E-state index is -1.93. The quantitative estimate of drug-likeness (QED) is 0.461. The van der Waals surface area contributed by atoms with E-state index in [9.17, 15) is 23.5 Å². The Labute approximate surface area is 175 Å². The van der Waals surface area contributed by atoms with Crippen LogP contribution in [0.2, 0.25) is 0 Å². The van der Waals surface area contributed by atoms with Gasteiger partial charge in [0.25, 0.3) is 5.91 Å². The molecular weight excluding hydrogens is 410 g/mol. The van der Waals surface area contributed by atoms with E-state index >= 15 is 0 Å². The van der Waals surface area contributed by atoms with Crippen LogP contribution in [0.1, 0.15) is 29.9 Å². The molecule has 0 aliphatic carbocycles. The second-order valence-electron chi connectivity index (χ2n) is 7.10. The number of aromatic nitrogens is 4. The number of hydrogen-bond acceptors (Lipinski definition) is 7. The molecule has 1 unspecified atom stereocenters. The summed E-state index contributed by atoms with van der Waals surface area (Å²) in [5.74, 6) is -2.89. The molecule has 11 heteroatoms. The molecule has 1 amide bonds. The average molecular weight is 430 g/mol. The van der Waals surface area contributed by atoms with Gasteiger partial charge in [0.1, 0.15) is 17.2 Å². The molecule has 0 saturated carbocycles. The maximum atomic E-state index is 14.1. The summed E-state index contributed by atoms with van der Waals surface area (Å²) in [4.78, 5) is 31.2. The molecule has 0 spiro atoms. The Bertz CT molecular complexity index is 1150. The summed E-state index contributed by atoms with van der Waals surface area (Å²) in [5, 5.41) is 16.7. The number of nitrogens with zero attached hydrogens (tertiary/aromatic N) is 4. The second-order valence-corrected chi connectivity index (χ2v) is 7.10. The number of aliphatic hydroxyl groups is 1. The molecule has 9 nitrogen and oxygen atoms in total. The van der Waals surface area contributed by atoms with Gasteiger partial charge in [-0.25, -0.2) is 18.7 Å². The van der Waals surface area contributed by atoms with Crippen LogP contribution in [0.4, 0.5) is 14.6 Å². The Morgan fingerprint density at radius 1 is 1.26 bits per heavy atom. The fourth-order valence-electron chi connectivity index (χ4n) is 2.68. The van der Waals surface area contributed by atoms with E-state index in [1.165, 1.54) is 30.7 Å². The summed E-state index contributed by atoms with van der Waals surface area (Å²) in [5.41, 5.74) is 3.84. The van der Waals surface area contributed by atoms with Gasteiger partial charge < -0.3 is 16.2 Å². The van der Waals surface area contributed by atoms with E-state index in [1.807, 2.05) is 0 Å². The zero-order valence-corrected chi connectivity index (χ0v) is 16.8. The molecule has 0 fully saturated rings. The number of primary amides is 1. The maximum absolute atomic E-state index is 14.1. The smallest absolute Gasteiger partial charge is 0.250 e. The van der Waals surface area contributed by atoms with E-state index in [1.54, 1.807) is 18.2 Å². The zero-order valence-electron chi connectivity index (χ0n) is 16.8. The molecule has 31 heavy (non-hydrogen) atoms. The molecule has 3 rings (SSSR count). The molecule has 0 radical (unpaired) electrons. The summed E-state index contributed by atoms with van der Waals surface area (Å²) >= 11 is 0. The Morgan fingerprint density at radius 3 is 2.61 bits per heavy atom. The number of carbonyl (C=O) groups is 2. The van der Waals surface area contributed by atoms with Gasteiger partial charge in [-0.2, -0.15) is 5.10 Å². The lowest BCUT2D eigenvalue weighted by Crippen LogP contribution is -2.46. The minimum Gasteiger partial charge on any atom is -0.378 e. The summed E-state index contributed by atoms with van der Waals surface area (Å²) in [6.07, 6.45) is 0.882. The highest BCUT2D eigenvalue weighted by Crippen LogP contribution is 2.21. The lowest BCUT2D eigenvalue weighted by molar-refractivity contribution is -0.133. The number of amides is 1. The van der Waals surface area contributed by atoms with Crippen LogP contribution >= 0.6 is 0 Å². The molecular formula is C20H20F2N6O3. The molecule has 4 N–H and O–H groups in total. The van der Waals surface area contributed by atoms with Crippen LogP contribution in [-0.2, 0) is 11.3 Å². The van der Waals surface area contributed by atoms with Gasteiger partial charge in [-0.3, -0.25) is 14.3 Å². The highest BCUT2D eigenvalue weighted by molar-refractivity contribution is 5.93. The van der Waals surface area contributed by atoms with Crippen LogP contribution in [-0.4, -0.2) is 48.7 Å². The van der Waals surface area contributed by atoms with Gasteiger partial charge in [-0.15, -0.1) is 0 Å². The van der Waals surface area contributed by atoms with E-state index in [0.717, 1.165) is 6.20 Å². The van der Waals surface area contributed by atoms with Crippen molar-refractivity contribution in [2.24, 2.45) is 5.73 Å². The zero-order chi connectivity index (χ0) is 22.8. The van der Waals surface area contributed by atoms with Crippen LogP contribution in [0.5, 0.6) is 0 Å². The van der Waals surface area contributed by atoms with Crippen molar-refractivity contribution in [3.63, 3.8) is 0 Å². The first-order valence-corrected chi connectivity index (χ1v) is 9.19. The monoisotopic (exact) mass is 430 g/mol. The number of nitrogens with one attached hydrogen (secondary N) is 1. The van der Waals surface area contributed by atoms with Gasteiger partial charge in [-0.05, 0) is 19.1 Å². The molecule has 162 valence electrons. The molecule has 0 saturated heterocycles. The predicted octanol–water partition coefficient (Wildman–Crippen LogP) is 1.52. The topological polar surface area (TPSA) is 136 Å². The number of carbonyl (C=O) groups excluding carboxylic acids is 2. The second kappa shape index (κ2) is 8.56. The van der Waals surface area contributed by atoms with Crippen LogP contribution < -0.4 is 11.1 Å². The third-order valence-electron chi connectivity index (χ3n) is 4.52. The summed E-state index contributed by atoms with van der Waals surface area (Å²) < 4.78 is 29.4. The van der Waals surface area contributed by atoms with Crippen LogP contribution in [0, 0.1) is 11.6 Å². The SMILES string of the molecule is CC(=O)c1cc(-c2ncc(F)c(NCC(C)(O)C(N)=O)n2)nn1Cc1ccccc1F. The first kappa shape index (κ1) is 22.0. The molecule has 3 aromatic rings. The Balaban J connectivity index is 1.93. The number of ketones is 1. The van der Waals surface area contributed by atoms with Gasteiger partial charge in [0.05, 0.1) is 19.3 Å². The largest absolute Gasteiger partial charge is 0.378 e. The first-order valence-electron chi connectivity index (χ1n) is 9.19. The van der Waals surface area contributed by atoms with Crippen molar-refractivity contribution in [1.29, 1.82) is 0 Å². The van der Waals surface area contributed by atoms with Gasteiger partial charge >= 0.3 is 0 Å². The highest BCUT2D eigenvalue weighted by atomic mass is 19.1. The lowest BCUT2D eigenvalue weighted by Gasteiger charge is -2.20. The number of Topliss-reactive ketones (excluding diaryl/α,β-unsaturated/α-hetero) is 1. The number of halogens is 2. The summed E-state index contributed by atoms with van der Waals surface area (Å²) in [6, 6.07) is 7.50. The normalized spacial score (nSPS) is 12.9.